The van der Waals surface area contributed by atoms with Crippen LogP contribution in [0.1, 0.15) is 21.6 Å². The molecule has 0 saturated heterocycles. The van der Waals surface area contributed by atoms with Gasteiger partial charge in [0.15, 0.2) is 5.69 Å². The topological polar surface area (TPSA) is 95.3 Å². The number of hydrogen-bond acceptors (Lipinski definition) is 5. The van der Waals surface area contributed by atoms with Gasteiger partial charge in [0, 0.05) is 6.54 Å². The average molecular weight is 259 g/mol. The van der Waals surface area contributed by atoms with Gasteiger partial charge < -0.3 is 15.5 Å². The largest absolute Gasteiger partial charge is 0.476 e. The van der Waals surface area contributed by atoms with Crippen LogP contribution in [-0.4, -0.2) is 26.2 Å². The number of anilines is 1. The predicted molar refractivity (Wildman–Crippen MR) is 68.7 cm³/mol. The van der Waals surface area contributed by atoms with E-state index >= 15 is 0 Å². The maximum Gasteiger partial charge on any atom is 0.356 e. The van der Waals surface area contributed by atoms with Crippen LogP contribution < -0.4 is 5.32 Å². The molecule has 19 heavy (non-hydrogen) atoms. The van der Waals surface area contributed by atoms with Crippen molar-refractivity contribution in [3.8, 4) is 0 Å². The van der Waals surface area contributed by atoms with E-state index in [0.717, 1.165) is 11.1 Å². The van der Waals surface area contributed by atoms with Crippen molar-refractivity contribution in [1.29, 1.82) is 0 Å². The summed E-state index contributed by atoms with van der Waals surface area (Å²) in [5.74, 6) is -0.715. The van der Waals surface area contributed by atoms with Crippen molar-refractivity contribution in [2.75, 3.05) is 5.32 Å². The van der Waals surface area contributed by atoms with Crippen molar-refractivity contribution in [3.63, 3.8) is 0 Å². The first-order valence-electron chi connectivity index (χ1n) is 5.67. The number of hydrogen-bond donors (Lipinski definition) is 3. The molecule has 1 aromatic carbocycles. The van der Waals surface area contributed by atoms with Crippen molar-refractivity contribution < 1.29 is 15.0 Å². The van der Waals surface area contributed by atoms with Gasteiger partial charge in [-0.1, -0.05) is 24.3 Å². The number of aromatic nitrogens is 2. The van der Waals surface area contributed by atoms with E-state index in [0.29, 0.717) is 12.4 Å². The van der Waals surface area contributed by atoms with E-state index in [-0.39, 0.29) is 12.3 Å². The van der Waals surface area contributed by atoms with Crippen molar-refractivity contribution >= 4 is 11.8 Å². The number of carboxylic acid groups (broad SMARTS) is 1. The van der Waals surface area contributed by atoms with Gasteiger partial charge in [-0.3, -0.25) is 4.98 Å². The zero-order chi connectivity index (χ0) is 13.7. The molecule has 0 atom stereocenters. The first kappa shape index (κ1) is 13.0. The summed E-state index contributed by atoms with van der Waals surface area (Å²) < 4.78 is 0. The van der Waals surface area contributed by atoms with Crippen LogP contribution in [-0.2, 0) is 13.2 Å². The molecule has 98 valence electrons. The molecule has 0 saturated carbocycles. The molecule has 0 spiro atoms. The molecule has 1 aromatic heterocycles. The zero-order valence-electron chi connectivity index (χ0n) is 10.1. The van der Waals surface area contributed by atoms with E-state index in [1.54, 1.807) is 0 Å². The van der Waals surface area contributed by atoms with E-state index in [1.807, 2.05) is 24.3 Å². The number of benzene rings is 1. The standard InChI is InChI=1S/C13H13N3O3/c17-8-10-3-1-2-9(4-10)5-15-12-7-14-6-11(16-12)13(18)19/h1-4,6-7,17H,5,8H2,(H,15,16)(H,18,19). The van der Waals surface area contributed by atoms with E-state index in [4.69, 9.17) is 10.2 Å². The molecule has 0 unspecified atom stereocenters. The Morgan fingerprint density at radius 3 is 2.79 bits per heavy atom. The van der Waals surface area contributed by atoms with Gasteiger partial charge in [-0.15, -0.1) is 0 Å². The highest BCUT2D eigenvalue weighted by atomic mass is 16.4. The molecule has 3 N–H and O–H groups in total. The summed E-state index contributed by atoms with van der Waals surface area (Å²) in [5, 5.41) is 20.8. The number of carboxylic acids is 1. The van der Waals surface area contributed by atoms with Crippen molar-refractivity contribution in [1.82, 2.24) is 9.97 Å². The Balaban J connectivity index is 2.05. The Morgan fingerprint density at radius 1 is 1.26 bits per heavy atom. The van der Waals surface area contributed by atoms with Crippen molar-refractivity contribution in [2.45, 2.75) is 13.2 Å². The van der Waals surface area contributed by atoms with Crippen molar-refractivity contribution in [3.05, 3.63) is 53.5 Å². The highest BCUT2D eigenvalue weighted by molar-refractivity contribution is 5.85. The second-order valence-electron chi connectivity index (χ2n) is 3.93. The third-order valence-corrected chi connectivity index (χ3v) is 2.50. The predicted octanol–water partition coefficient (Wildman–Crippen LogP) is 1.28. The zero-order valence-corrected chi connectivity index (χ0v) is 10.1. The van der Waals surface area contributed by atoms with Gasteiger partial charge in [-0.2, -0.15) is 0 Å². The second-order valence-corrected chi connectivity index (χ2v) is 3.93. The lowest BCUT2D eigenvalue weighted by Gasteiger charge is -2.07. The summed E-state index contributed by atoms with van der Waals surface area (Å²) in [7, 11) is 0. The lowest BCUT2D eigenvalue weighted by atomic mass is 10.1. The summed E-state index contributed by atoms with van der Waals surface area (Å²) in [6.07, 6.45) is 2.65. The summed E-state index contributed by atoms with van der Waals surface area (Å²) >= 11 is 0. The Hall–Kier alpha value is -2.47. The SMILES string of the molecule is O=C(O)c1cncc(NCc2cccc(CO)c2)n1. The van der Waals surface area contributed by atoms with Crippen LogP contribution in [0, 0.1) is 0 Å². The number of aliphatic hydroxyl groups excluding tert-OH is 1. The van der Waals surface area contributed by atoms with Crippen LogP contribution in [0.15, 0.2) is 36.7 Å². The summed E-state index contributed by atoms with van der Waals surface area (Å²) in [6.45, 7) is 0.466. The molecule has 2 aromatic rings. The van der Waals surface area contributed by atoms with Gasteiger partial charge in [-0.05, 0) is 11.1 Å². The lowest BCUT2D eigenvalue weighted by Crippen LogP contribution is -2.07. The van der Waals surface area contributed by atoms with Crippen LogP contribution >= 0.6 is 0 Å². The Labute approximate surface area is 109 Å². The van der Waals surface area contributed by atoms with Gasteiger partial charge in [0.1, 0.15) is 5.82 Å². The van der Waals surface area contributed by atoms with E-state index < -0.39 is 5.97 Å². The van der Waals surface area contributed by atoms with Crippen LogP contribution in [0.5, 0.6) is 0 Å². The van der Waals surface area contributed by atoms with E-state index in [9.17, 15) is 4.79 Å². The van der Waals surface area contributed by atoms with Gasteiger partial charge in [-0.25, -0.2) is 9.78 Å². The second kappa shape index (κ2) is 5.92. The van der Waals surface area contributed by atoms with Crippen LogP contribution in [0.2, 0.25) is 0 Å². The minimum atomic E-state index is -1.11. The van der Waals surface area contributed by atoms with Crippen molar-refractivity contribution in [2.24, 2.45) is 0 Å². The third kappa shape index (κ3) is 3.49. The maximum atomic E-state index is 10.8. The Kier molecular flexibility index (Phi) is 4.04. The minimum Gasteiger partial charge on any atom is -0.476 e. The lowest BCUT2D eigenvalue weighted by molar-refractivity contribution is 0.0690. The Morgan fingerprint density at radius 2 is 2.05 bits per heavy atom. The average Bonchev–Trinajstić information content (AvgIpc) is 2.45. The number of rotatable bonds is 5. The normalized spacial score (nSPS) is 10.2. The molecular formula is C13H13N3O3. The fourth-order valence-corrected chi connectivity index (χ4v) is 1.58. The molecule has 0 aliphatic rings. The molecule has 0 amide bonds. The van der Waals surface area contributed by atoms with Crippen LogP contribution in [0.25, 0.3) is 0 Å². The summed E-state index contributed by atoms with van der Waals surface area (Å²) in [5.41, 5.74) is 1.69. The molecule has 6 nitrogen and oxygen atoms in total. The molecule has 0 aliphatic heterocycles. The number of aromatic carboxylic acids is 1. The molecule has 6 heteroatoms. The third-order valence-electron chi connectivity index (χ3n) is 2.50. The molecular weight excluding hydrogens is 246 g/mol. The quantitative estimate of drug-likeness (QED) is 0.748. The first-order valence-corrected chi connectivity index (χ1v) is 5.67. The molecule has 0 aliphatic carbocycles. The van der Waals surface area contributed by atoms with Gasteiger partial charge in [0.25, 0.3) is 0 Å². The van der Waals surface area contributed by atoms with Crippen LogP contribution in [0.3, 0.4) is 0 Å². The maximum absolute atomic E-state index is 10.8. The molecule has 0 radical (unpaired) electrons. The monoisotopic (exact) mass is 259 g/mol. The number of aliphatic hydroxyl groups is 1. The fraction of sp³-hybridized carbons (Fsp3) is 0.154. The first-order chi connectivity index (χ1) is 9.19. The molecule has 0 fully saturated rings. The molecule has 1 heterocycles. The number of nitrogens with zero attached hydrogens (tertiary/aromatic N) is 2. The Bertz CT molecular complexity index is 587. The number of carbonyl (C=O) groups is 1. The highest BCUT2D eigenvalue weighted by Crippen LogP contribution is 2.08. The number of nitrogens with one attached hydrogen (secondary N) is 1. The summed E-state index contributed by atoms with van der Waals surface area (Å²) in [4.78, 5) is 18.5. The van der Waals surface area contributed by atoms with Gasteiger partial charge >= 0.3 is 5.97 Å². The smallest absolute Gasteiger partial charge is 0.356 e. The van der Waals surface area contributed by atoms with Gasteiger partial charge in [0.2, 0.25) is 0 Å². The molecule has 0 bridgehead atoms. The summed E-state index contributed by atoms with van der Waals surface area (Å²) in [6, 6.07) is 7.44. The minimum absolute atomic E-state index is 0.0118. The van der Waals surface area contributed by atoms with E-state index in [1.165, 1.54) is 12.4 Å². The van der Waals surface area contributed by atoms with Crippen LogP contribution in [0.4, 0.5) is 5.82 Å². The molecule has 2 rings (SSSR count). The fourth-order valence-electron chi connectivity index (χ4n) is 1.58. The van der Waals surface area contributed by atoms with E-state index in [2.05, 4.69) is 15.3 Å². The highest BCUT2D eigenvalue weighted by Gasteiger charge is 2.05. The van der Waals surface area contributed by atoms with Gasteiger partial charge in [0.05, 0.1) is 19.0 Å².